The molecule has 2 aromatic rings. The summed E-state index contributed by atoms with van der Waals surface area (Å²) in [6.07, 6.45) is 2.73. The number of Topliss-reactive ketones (excluding diaryl/α,β-unsaturated/α-hetero) is 1. The van der Waals surface area contributed by atoms with Crippen LogP contribution in [0.4, 0.5) is 0 Å². The lowest BCUT2D eigenvalue weighted by Crippen LogP contribution is -2.43. The first-order chi connectivity index (χ1) is 9.83. The molecule has 20 heavy (non-hydrogen) atoms. The number of nitrogens with zero attached hydrogens (tertiary/aromatic N) is 3. The molecule has 5 nitrogen and oxygen atoms in total. The fourth-order valence-corrected chi connectivity index (χ4v) is 2.77. The zero-order valence-corrected chi connectivity index (χ0v) is 11.1. The van der Waals surface area contributed by atoms with Gasteiger partial charge >= 0.3 is 0 Å². The van der Waals surface area contributed by atoms with Crippen molar-refractivity contribution in [2.45, 2.75) is 18.4 Å². The van der Waals surface area contributed by atoms with Crippen LogP contribution in [0, 0.1) is 5.92 Å². The second-order valence-corrected chi connectivity index (χ2v) is 5.62. The van der Waals surface area contributed by atoms with E-state index in [0.29, 0.717) is 17.7 Å². The van der Waals surface area contributed by atoms with Gasteiger partial charge in [0, 0.05) is 19.0 Å². The van der Waals surface area contributed by atoms with E-state index in [-0.39, 0.29) is 11.7 Å². The minimum absolute atomic E-state index is 0.0852. The van der Waals surface area contributed by atoms with Gasteiger partial charge in [0.15, 0.2) is 5.78 Å². The van der Waals surface area contributed by atoms with E-state index in [1.54, 1.807) is 6.20 Å². The maximum atomic E-state index is 12.4. The van der Waals surface area contributed by atoms with Gasteiger partial charge in [0.05, 0.1) is 12.2 Å². The molecule has 0 amide bonds. The van der Waals surface area contributed by atoms with Crippen LogP contribution in [0.15, 0.2) is 36.5 Å². The van der Waals surface area contributed by atoms with Gasteiger partial charge in [-0.1, -0.05) is 35.5 Å². The lowest BCUT2D eigenvalue weighted by molar-refractivity contribution is 0.0960. The number of carbonyl (C=O) groups is 1. The first-order valence-electron chi connectivity index (χ1n) is 7.04. The lowest BCUT2D eigenvalue weighted by Gasteiger charge is -2.26. The molecule has 2 atom stereocenters. The minimum atomic E-state index is 0.0852. The van der Waals surface area contributed by atoms with Crippen LogP contribution in [0.1, 0.15) is 34.4 Å². The summed E-state index contributed by atoms with van der Waals surface area (Å²) in [4.78, 5) is 12.4. The maximum Gasteiger partial charge on any atom is 0.188 e. The van der Waals surface area contributed by atoms with Gasteiger partial charge in [0.1, 0.15) is 5.69 Å². The maximum absolute atomic E-state index is 12.4. The molecular formula is C15H16N4O. The summed E-state index contributed by atoms with van der Waals surface area (Å²) >= 11 is 0. The highest BCUT2D eigenvalue weighted by Crippen LogP contribution is 2.48. The van der Waals surface area contributed by atoms with Crippen LogP contribution in [-0.4, -0.2) is 33.9 Å². The number of hydrogen-bond acceptors (Lipinski definition) is 4. The molecule has 2 fully saturated rings. The summed E-state index contributed by atoms with van der Waals surface area (Å²) in [5.74, 6) is 0.582. The molecule has 5 heteroatoms. The number of carbonyl (C=O) groups excluding carboxylic acids is 1. The van der Waals surface area contributed by atoms with Gasteiger partial charge in [0.2, 0.25) is 0 Å². The minimum Gasteiger partial charge on any atom is -0.312 e. The fourth-order valence-electron chi connectivity index (χ4n) is 2.77. The summed E-state index contributed by atoms with van der Waals surface area (Å²) in [5.41, 5.74) is 1.77. The Bertz CT molecular complexity index is 632. The third kappa shape index (κ3) is 1.94. The second kappa shape index (κ2) is 4.52. The Labute approximate surface area is 117 Å². The van der Waals surface area contributed by atoms with Gasteiger partial charge in [-0.25, -0.2) is 4.68 Å². The number of nitrogens with one attached hydrogen (secondary N) is 1. The molecule has 0 radical (unpaired) electrons. The van der Waals surface area contributed by atoms with E-state index in [9.17, 15) is 4.79 Å². The van der Waals surface area contributed by atoms with Gasteiger partial charge < -0.3 is 5.32 Å². The molecule has 0 spiro atoms. The SMILES string of the molecule is O=C(c1cn(C2CNC2)nn1)C1CC1c1ccccc1. The third-order valence-electron chi connectivity index (χ3n) is 4.25. The van der Waals surface area contributed by atoms with Crippen molar-refractivity contribution in [1.29, 1.82) is 0 Å². The summed E-state index contributed by atoms with van der Waals surface area (Å²) in [7, 11) is 0. The lowest BCUT2D eigenvalue weighted by atomic mass is 10.1. The van der Waals surface area contributed by atoms with Crippen LogP contribution in [0.5, 0.6) is 0 Å². The van der Waals surface area contributed by atoms with Crippen molar-refractivity contribution in [3.8, 4) is 0 Å². The van der Waals surface area contributed by atoms with Crippen LogP contribution < -0.4 is 5.32 Å². The molecule has 102 valence electrons. The normalized spacial score (nSPS) is 25.2. The third-order valence-corrected chi connectivity index (χ3v) is 4.25. The number of benzene rings is 1. The Morgan fingerprint density at radius 3 is 2.75 bits per heavy atom. The first kappa shape index (κ1) is 11.8. The van der Waals surface area contributed by atoms with Gasteiger partial charge in [-0.05, 0) is 17.9 Å². The molecule has 1 aromatic heterocycles. The Kier molecular flexibility index (Phi) is 2.67. The zero-order chi connectivity index (χ0) is 13.5. The second-order valence-electron chi connectivity index (χ2n) is 5.62. The molecule has 1 saturated carbocycles. The van der Waals surface area contributed by atoms with Crippen molar-refractivity contribution in [2.24, 2.45) is 5.92 Å². The number of hydrogen-bond donors (Lipinski definition) is 1. The Morgan fingerprint density at radius 1 is 1.25 bits per heavy atom. The van der Waals surface area contributed by atoms with Crippen LogP contribution >= 0.6 is 0 Å². The highest BCUT2D eigenvalue weighted by atomic mass is 16.1. The summed E-state index contributed by atoms with van der Waals surface area (Å²) in [6.45, 7) is 1.82. The summed E-state index contributed by atoms with van der Waals surface area (Å²) in [6, 6.07) is 10.6. The van der Waals surface area contributed by atoms with Crippen molar-refractivity contribution >= 4 is 5.78 Å². The molecule has 2 aliphatic rings. The van der Waals surface area contributed by atoms with Gasteiger partial charge in [-0.15, -0.1) is 5.10 Å². The van der Waals surface area contributed by atoms with Crippen molar-refractivity contribution in [3.05, 3.63) is 47.8 Å². The van der Waals surface area contributed by atoms with E-state index in [2.05, 4.69) is 27.8 Å². The smallest absolute Gasteiger partial charge is 0.188 e. The summed E-state index contributed by atoms with van der Waals surface area (Å²) < 4.78 is 1.81. The predicted octanol–water partition coefficient (Wildman–Crippen LogP) is 1.41. The number of aromatic nitrogens is 3. The van der Waals surface area contributed by atoms with Crippen molar-refractivity contribution in [2.75, 3.05) is 13.1 Å². The molecule has 1 aliphatic carbocycles. The van der Waals surface area contributed by atoms with E-state index < -0.39 is 0 Å². The van der Waals surface area contributed by atoms with Crippen molar-refractivity contribution < 1.29 is 4.79 Å². The largest absolute Gasteiger partial charge is 0.312 e. The van der Waals surface area contributed by atoms with Crippen LogP contribution in [0.2, 0.25) is 0 Å². The van der Waals surface area contributed by atoms with Crippen molar-refractivity contribution in [1.82, 2.24) is 20.3 Å². The molecule has 4 rings (SSSR count). The van der Waals surface area contributed by atoms with Gasteiger partial charge in [-0.2, -0.15) is 0 Å². The monoisotopic (exact) mass is 268 g/mol. The molecule has 2 unspecified atom stereocenters. The quantitative estimate of drug-likeness (QED) is 0.852. The average Bonchev–Trinajstić information content (AvgIpc) is 3.09. The average molecular weight is 268 g/mol. The topological polar surface area (TPSA) is 59.8 Å². The molecule has 2 heterocycles. The highest BCUT2D eigenvalue weighted by Gasteiger charge is 2.45. The molecule has 1 N–H and O–H groups in total. The summed E-state index contributed by atoms with van der Waals surface area (Å²) in [5, 5.41) is 11.3. The first-order valence-corrected chi connectivity index (χ1v) is 7.04. The van der Waals surface area contributed by atoms with E-state index >= 15 is 0 Å². The molecular weight excluding hydrogens is 252 g/mol. The zero-order valence-electron chi connectivity index (χ0n) is 11.1. The standard InChI is InChI=1S/C15H16N4O/c20-15(13-6-12(13)10-4-2-1-3-5-10)14-9-19(18-17-14)11-7-16-8-11/h1-5,9,11-13,16H,6-8H2. The van der Waals surface area contributed by atoms with Gasteiger partial charge in [-0.3, -0.25) is 4.79 Å². The van der Waals surface area contributed by atoms with Gasteiger partial charge in [0.25, 0.3) is 0 Å². The van der Waals surface area contributed by atoms with E-state index in [4.69, 9.17) is 0 Å². The Morgan fingerprint density at radius 2 is 2.05 bits per heavy atom. The van der Waals surface area contributed by atoms with E-state index in [0.717, 1.165) is 19.5 Å². The number of rotatable bonds is 4. The molecule has 1 aromatic carbocycles. The predicted molar refractivity (Wildman–Crippen MR) is 73.5 cm³/mol. The van der Waals surface area contributed by atoms with E-state index in [1.165, 1.54) is 5.56 Å². The highest BCUT2D eigenvalue weighted by molar-refractivity contribution is 5.98. The number of ketones is 1. The van der Waals surface area contributed by atoms with Crippen molar-refractivity contribution in [3.63, 3.8) is 0 Å². The molecule has 1 aliphatic heterocycles. The van der Waals surface area contributed by atoms with Crippen LogP contribution in [0.3, 0.4) is 0 Å². The fraction of sp³-hybridized carbons (Fsp3) is 0.400. The molecule has 0 bridgehead atoms. The molecule has 1 saturated heterocycles. The van der Waals surface area contributed by atoms with Crippen LogP contribution in [-0.2, 0) is 0 Å². The van der Waals surface area contributed by atoms with E-state index in [1.807, 2.05) is 22.9 Å². The Hall–Kier alpha value is -2.01. The van der Waals surface area contributed by atoms with Crippen LogP contribution in [0.25, 0.3) is 0 Å². The Balaban J connectivity index is 1.47.